The number of para-hydroxylation sites is 4. The number of hydrogen-bond acceptors (Lipinski definition) is 6. The van der Waals surface area contributed by atoms with Crippen LogP contribution in [0.4, 0.5) is 0 Å². The van der Waals surface area contributed by atoms with E-state index in [1.54, 1.807) is 0 Å². The minimum absolute atomic E-state index is 0. The normalized spacial score (nSPS) is 24.6. The molecule has 82 heavy (non-hydrogen) atoms. The fourth-order valence-corrected chi connectivity index (χ4v) is 16.2. The summed E-state index contributed by atoms with van der Waals surface area (Å²) in [7, 11) is 4.00. The van der Waals surface area contributed by atoms with Gasteiger partial charge in [0.05, 0.1) is 22.1 Å². The van der Waals surface area contributed by atoms with Crippen LogP contribution in [0.3, 0.4) is 0 Å². The molecule has 2 aliphatic carbocycles. The van der Waals surface area contributed by atoms with Crippen LogP contribution in [0.2, 0.25) is 0 Å². The number of ketones is 2. The third-order valence-electron chi connectivity index (χ3n) is 20.0. The molecule has 11 aromatic rings. The zero-order chi connectivity index (χ0) is 53.2. The second-order valence-corrected chi connectivity index (χ2v) is 23.7. The van der Waals surface area contributed by atoms with Crippen LogP contribution in [0.1, 0.15) is 129 Å². The molecule has 17 rings (SSSR count). The Hall–Kier alpha value is -5.56. The molecule has 4 bridgehead atoms. The van der Waals surface area contributed by atoms with Gasteiger partial charge in [0, 0.05) is 145 Å². The molecule has 0 spiro atoms. The Bertz CT molecular complexity index is 4540. The molecule has 8 heterocycles. The maximum Gasteiger partial charge on any atom is 0.253 e. The Kier molecular flexibility index (Phi) is 13.7. The first kappa shape index (κ1) is 56.9. The Morgan fingerprint density at radius 1 is 0.573 bits per heavy atom. The van der Waals surface area contributed by atoms with Crippen LogP contribution in [-0.4, -0.2) is 75.2 Å². The molecule has 4 aliphatic heterocycles. The number of fused-ring (bicyclic) bond motifs is 26. The van der Waals surface area contributed by atoms with Crippen LogP contribution < -0.4 is 5.32 Å². The van der Waals surface area contributed by atoms with Crippen molar-refractivity contribution in [2.75, 3.05) is 14.1 Å². The van der Waals surface area contributed by atoms with E-state index < -0.39 is 11.4 Å². The summed E-state index contributed by atoms with van der Waals surface area (Å²) in [6, 6.07) is 43.9. The van der Waals surface area contributed by atoms with Gasteiger partial charge < -0.3 is 47.5 Å². The molecule has 4 aromatic heterocycles. The number of carbonyl (C=O) groups is 3. The number of nitrogens with one attached hydrogen (secondary N) is 1. The minimum atomic E-state index is -0.766. The fraction of sp³-hybridized carbons (Fsp3) is 0.309. The van der Waals surface area contributed by atoms with Crippen LogP contribution in [-0.2, 0) is 86.3 Å². The van der Waals surface area contributed by atoms with E-state index in [9.17, 15) is 14.4 Å². The van der Waals surface area contributed by atoms with Gasteiger partial charge in [-0.25, -0.2) is 0 Å². The van der Waals surface area contributed by atoms with Crippen molar-refractivity contribution in [3.8, 4) is 0 Å². The quantitative estimate of drug-likeness (QED) is 0.140. The van der Waals surface area contributed by atoms with E-state index in [-0.39, 0.29) is 129 Å². The van der Waals surface area contributed by atoms with Crippen molar-refractivity contribution in [1.82, 2.24) is 28.5 Å². The van der Waals surface area contributed by atoms with Gasteiger partial charge in [-0.3, -0.25) is 4.79 Å². The summed E-state index contributed by atoms with van der Waals surface area (Å²) in [6.07, 6.45) is 2.00. The molecule has 8 atom stereocenters. The first-order chi connectivity index (χ1) is 37.8. The number of ether oxygens (including phenoxy) is 2. The van der Waals surface area contributed by atoms with Gasteiger partial charge in [0.25, 0.3) is 5.91 Å². The topological polar surface area (TPSA) is 105 Å². The van der Waals surface area contributed by atoms with Crippen molar-refractivity contribution in [1.29, 1.82) is 0 Å². The van der Waals surface area contributed by atoms with Crippen molar-refractivity contribution in [3.05, 3.63) is 167 Å². The molecule has 407 valence electrons. The van der Waals surface area contributed by atoms with E-state index in [0.29, 0.717) is 30.9 Å². The average molecular weight is 1230 g/mol. The number of Topliss-reactive ketones (excluding diaryl/α,β-unsaturated/α-hetero) is 2. The molecule has 2 fully saturated rings. The first-order valence-electron chi connectivity index (χ1n) is 27.9. The van der Waals surface area contributed by atoms with Crippen LogP contribution in [0.15, 0.2) is 127 Å². The predicted molar refractivity (Wildman–Crippen MR) is 322 cm³/mol. The van der Waals surface area contributed by atoms with Gasteiger partial charge in [-0.15, -0.1) is 0 Å². The summed E-state index contributed by atoms with van der Waals surface area (Å²) in [5, 5.41) is 12.6. The van der Waals surface area contributed by atoms with E-state index >= 15 is 0 Å². The number of rotatable bonds is 3. The number of aromatic nitrogens is 4. The van der Waals surface area contributed by atoms with Crippen LogP contribution in [0, 0.1) is 23.7 Å². The van der Waals surface area contributed by atoms with Gasteiger partial charge >= 0.3 is 0 Å². The summed E-state index contributed by atoms with van der Waals surface area (Å²) in [5.41, 5.74) is 12.4. The zero-order valence-corrected chi connectivity index (χ0v) is 52.6. The molecule has 1 N–H and O–H groups in total. The molecule has 0 unspecified atom stereocenters. The summed E-state index contributed by atoms with van der Waals surface area (Å²) < 4.78 is 24.1. The van der Waals surface area contributed by atoms with E-state index in [1.807, 2.05) is 42.3 Å². The second-order valence-electron chi connectivity index (χ2n) is 23.7. The van der Waals surface area contributed by atoms with Crippen LogP contribution >= 0.6 is 0 Å². The molecule has 6 aliphatic rings. The Balaban J connectivity index is 0.000000157. The van der Waals surface area contributed by atoms with Gasteiger partial charge in [-0.2, -0.15) is 23.0 Å². The molecule has 1 amide bonds. The molecular weight excluding hydrogens is 1170 g/mol. The first-order valence-corrected chi connectivity index (χ1v) is 27.9. The molecule has 0 saturated carbocycles. The van der Waals surface area contributed by atoms with Gasteiger partial charge in [-0.1, -0.05) is 148 Å². The van der Waals surface area contributed by atoms with Gasteiger partial charge in [0.2, 0.25) is 0 Å². The minimum Gasteiger partial charge on any atom is -0.338 e. The molecule has 14 heteroatoms. The van der Waals surface area contributed by atoms with E-state index in [0.717, 1.165) is 100 Å². The van der Waals surface area contributed by atoms with Gasteiger partial charge in [0.1, 0.15) is 35.5 Å². The number of carbonyl (C=O) groups excluding carboxylic acids is 3. The number of benzene rings is 7. The molecule has 5 radical (unpaired) electrons. The standard InChI is InChI=1S/C37H32N3O3.C30H28N3O2.CH4.B.2Y/c1-20-18-28(41)33-30(20)31-24-15-9-11-17-26(24)40-35(31)34-32(33)23-14-8-10-16-25(23)39(34)29-19-27(21(2)37(40,3)43-29)38(4)36(42)22-12-6-5-7-13-22;1-15-13-22(34)27-24(15)25-18-10-6-8-12-21(18)33-29(25)28-26(27)17-9-5-7-11-20(17)32(28)23-14-19(31-4)16(2)30(33,3)35-23;;;;/h5-17,21,27,29H,18-19H2,1-4H3;5-12,16,19,23,31H,13-14H2,1-4H3;1H4;;;/q2*-1;;;;/t21-,27-,29-,37+;16-,19-,23-,30+;;;;/m11..../s1. The number of hydrogen-bond donors (Lipinski definition) is 1. The van der Waals surface area contributed by atoms with Gasteiger partial charge in [-0.05, 0) is 102 Å². The van der Waals surface area contributed by atoms with E-state index in [2.05, 4.69) is 169 Å². The van der Waals surface area contributed by atoms with Crippen molar-refractivity contribution in [3.63, 3.8) is 0 Å². The molecular formula is C68H64BN6O5Y2-2. The SMILES string of the molecule is C.CN[C@@H]1C[C@H]2O[C@@](C)([C@@H]1C)n1c3ccccc3c3c4c(c5c6ccccc6n2c5c31)C(=O)C[C-]4C.C[C-]1CC(=O)c2c1c1c3ccccc3n3c1c1c2c2ccccc2n1[C@H]1C[C@@H](N(C)C(=O)c2ccccc2)[C@@H](C)[C@]3(C)O1.[B].[Y].[Y]. The predicted octanol–water partition coefficient (Wildman–Crippen LogP) is 14.3. The van der Waals surface area contributed by atoms with Crippen LogP contribution in [0.5, 0.6) is 0 Å². The van der Waals surface area contributed by atoms with Crippen molar-refractivity contribution in [2.45, 2.75) is 111 Å². The van der Waals surface area contributed by atoms with Gasteiger partial charge in [0.15, 0.2) is 0 Å². The average Bonchev–Trinajstić information content (AvgIpc) is 1.91. The summed E-state index contributed by atoms with van der Waals surface area (Å²) in [4.78, 5) is 43.2. The summed E-state index contributed by atoms with van der Waals surface area (Å²) >= 11 is 0. The van der Waals surface area contributed by atoms with Crippen molar-refractivity contribution in [2.24, 2.45) is 11.8 Å². The molecule has 2 saturated heterocycles. The largest absolute Gasteiger partial charge is 0.338 e. The third kappa shape index (κ3) is 7.06. The number of nitrogens with zero attached hydrogens (tertiary/aromatic N) is 5. The van der Waals surface area contributed by atoms with E-state index in [1.165, 1.54) is 27.7 Å². The fourth-order valence-electron chi connectivity index (χ4n) is 16.2. The summed E-state index contributed by atoms with van der Waals surface area (Å²) in [6.45, 7) is 13.2. The smallest absolute Gasteiger partial charge is 0.253 e. The summed E-state index contributed by atoms with van der Waals surface area (Å²) in [5.74, 6) is 2.94. The zero-order valence-electron chi connectivity index (χ0n) is 46.9. The van der Waals surface area contributed by atoms with Crippen LogP contribution in [0.25, 0.3) is 87.2 Å². The molecule has 11 nitrogen and oxygen atoms in total. The Morgan fingerprint density at radius 2 is 0.963 bits per heavy atom. The van der Waals surface area contributed by atoms with Crippen molar-refractivity contribution >= 4 is 113 Å². The molecule has 7 aromatic carbocycles. The number of amides is 1. The maximum absolute atomic E-state index is 13.9. The maximum atomic E-state index is 13.9. The van der Waals surface area contributed by atoms with Crippen molar-refractivity contribution < 1.29 is 89.3 Å². The Morgan fingerprint density at radius 3 is 1.41 bits per heavy atom. The Labute approximate surface area is 529 Å². The third-order valence-corrected chi connectivity index (χ3v) is 20.0. The van der Waals surface area contributed by atoms with E-state index in [4.69, 9.17) is 9.47 Å². The second kappa shape index (κ2) is 19.8. The monoisotopic (exact) mass is 1230 g/mol.